The number of carbonyl (C=O) groups excluding carboxylic acids is 2. The van der Waals surface area contributed by atoms with E-state index in [0.29, 0.717) is 51.6 Å². The standard InChI is InChI=1S/C17H25N3O4S/c18-8-1-3-13(16(22)20-9-2-4-14(20)17(23)24)19-15(21)6-5-12-7-10-25-11-12/h7,10-11,13-14H,1-6,8-9,18H2,(H,19,21)(H,23,24)/t13-,14-/m0/s1. The number of aliphatic carboxylic acids is 1. The molecule has 8 heteroatoms. The number of nitrogens with one attached hydrogen (secondary N) is 1. The van der Waals surface area contributed by atoms with Gasteiger partial charge in [-0.3, -0.25) is 9.59 Å². The summed E-state index contributed by atoms with van der Waals surface area (Å²) in [5.41, 5.74) is 6.62. The van der Waals surface area contributed by atoms with Crippen LogP contribution in [-0.2, 0) is 20.8 Å². The SMILES string of the molecule is NCCC[C@H](NC(=O)CCc1ccsc1)C(=O)N1CCC[C@H]1C(=O)O. The number of amides is 2. The van der Waals surface area contributed by atoms with E-state index < -0.39 is 18.1 Å². The Balaban J connectivity index is 1.95. The van der Waals surface area contributed by atoms with E-state index in [1.165, 1.54) is 4.90 Å². The van der Waals surface area contributed by atoms with Gasteiger partial charge in [0, 0.05) is 13.0 Å². The van der Waals surface area contributed by atoms with E-state index in [1.807, 2.05) is 16.8 Å². The van der Waals surface area contributed by atoms with Crippen LogP contribution in [0, 0.1) is 0 Å². The van der Waals surface area contributed by atoms with E-state index in [2.05, 4.69) is 5.32 Å². The topological polar surface area (TPSA) is 113 Å². The van der Waals surface area contributed by atoms with Gasteiger partial charge in [-0.1, -0.05) is 0 Å². The Bertz CT molecular complexity index is 591. The highest BCUT2D eigenvalue weighted by atomic mass is 32.1. The summed E-state index contributed by atoms with van der Waals surface area (Å²) in [5, 5.41) is 16.0. The molecule has 1 aliphatic rings. The summed E-state index contributed by atoms with van der Waals surface area (Å²) in [6, 6.07) is 0.463. The molecule has 2 atom stereocenters. The maximum Gasteiger partial charge on any atom is 0.326 e. The first-order valence-corrected chi connectivity index (χ1v) is 9.51. The van der Waals surface area contributed by atoms with Gasteiger partial charge in [0.05, 0.1) is 0 Å². The first-order chi connectivity index (χ1) is 12.0. The second-order valence-electron chi connectivity index (χ2n) is 6.21. The first kappa shape index (κ1) is 19.4. The molecule has 1 saturated heterocycles. The van der Waals surface area contributed by atoms with E-state index in [9.17, 15) is 19.5 Å². The fourth-order valence-corrected chi connectivity index (χ4v) is 3.73. The number of carboxylic acids is 1. The number of aryl methyl sites for hydroxylation is 1. The number of hydrogen-bond acceptors (Lipinski definition) is 5. The maximum atomic E-state index is 12.7. The second kappa shape index (κ2) is 9.53. The van der Waals surface area contributed by atoms with Crippen LogP contribution in [0.1, 0.15) is 37.7 Å². The summed E-state index contributed by atoms with van der Waals surface area (Å²) in [7, 11) is 0. The third kappa shape index (κ3) is 5.54. The van der Waals surface area contributed by atoms with Gasteiger partial charge in [0.25, 0.3) is 0 Å². The van der Waals surface area contributed by atoms with Gasteiger partial charge in [-0.05, 0) is 61.0 Å². The number of carbonyl (C=O) groups is 3. The third-order valence-corrected chi connectivity index (χ3v) is 5.10. The summed E-state index contributed by atoms with van der Waals surface area (Å²) in [6.45, 7) is 0.830. The Hall–Kier alpha value is -1.93. The van der Waals surface area contributed by atoms with Crippen molar-refractivity contribution in [1.29, 1.82) is 0 Å². The molecule has 0 aromatic carbocycles. The van der Waals surface area contributed by atoms with Gasteiger partial charge in [-0.25, -0.2) is 4.79 Å². The lowest BCUT2D eigenvalue weighted by Crippen LogP contribution is -2.51. The van der Waals surface area contributed by atoms with E-state index in [-0.39, 0.29) is 11.8 Å². The summed E-state index contributed by atoms with van der Waals surface area (Å²) in [6.07, 6.45) is 3.05. The van der Waals surface area contributed by atoms with Gasteiger partial charge >= 0.3 is 5.97 Å². The molecule has 0 unspecified atom stereocenters. The number of hydrogen-bond donors (Lipinski definition) is 3. The van der Waals surface area contributed by atoms with Gasteiger partial charge in [0.1, 0.15) is 12.1 Å². The van der Waals surface area contributed by atoms with E-state index in [0.717, 1.165) is 5.56 Å². The lowest BCUT2D eigenvalue weighted by atomic mass is 10.1. The summed E-state index contributed by atoms with van der Waals surface area (Å²) >= 11 is 1.58. The fourth-order valence-electron chi connectivity index (χ4n) is 3.03. The molecule has 2 heterocycles. The normalized spacial score (nSPS) is 18.1. The molecule has 138 valence electrons. The zero-order chi connectivity index (χ0) is 18.2. The highest BCUT2D eigenvalue weighted by Crippen LogP contribution is 2.19. The van der Waals surface area contributed by atoms with Crippen LogP contribution >= 0.6 is 11.3 Å². The molecule has 2 rings (SSSR count). The van der Waals surface area contributed by atoms with Crippen molar-refractivity contribution in [2.75, 3.05) is 13.1 Å². The highest BCUT2D eigenvalue weighted by molar-refractivity contribution is 7.07. The molecular weight excluding hydrogens is 342 g/mol. The number of likely N-dealkylation sites (tertiary alicyclic amines) is 1. The molecule has 1 aliphatic heterocycles. The van der Waals surface area contributed by atoms with Gasteiger partial charge in [-0.15, -0.1) is 0 Å². The van der Waals surface area contributed by atoms with Crippen LogP contribution in [0.4, 0.5) is 0 Å². The molecule has 1 aromatic heterocycles. The molecule has 4 N–H and O–H groups in total. The minimum absolute atomic E-state index is 0.201. The molecule has 1 fully saturated rings. The molecule has 1 aromatic rings. The van der Waals surface area contributed by atoms with Crippen LogP contribution in [-0.4, -0.2) is 53.0 Å². The summed E-state index contributed by atoms with van der Waals surface area (Å²) < 4.78 is 0. The average Bonchev–Trinajstić information content (AvgIpc) is 3.27. The van der Waals surface area contributed by atoms with Gasteiger partial charge in [-0.2, -0.15) is 11.3 Å². The van der Waals surface area contributed by atoms with E-state index in [4.69, 9.17) is 5.73 Å². The Morgan fingerprint density at radius 1 is 1.44 bits per heavy atom. The van der Waals surface area contributed by atoms with Crippen LogP contribution in [0.25, 0.3) is 0 Å². The Morgan fingerprint density at radius 3 is 2.88 bits per heavy atom. The molecular formula is C17H25N3O4S. The van der Waals surface area contributed by atoms with Crippen molar-refractivity contribution in [3.05, 3.63) is 22.4 Å². The van der Waals surface area contributed by atoms with Crippen LogP contribution in [0.3, 0.4) is 0 Å². The zero-order valence-electron chi connectivity index (χ0n) is 14.1. The molecule has 0 aliphatic carbocycles. The Morgan fingerprint density at radius 2 is 2.24 bits per heavy atom. The molecule has 0 radical (unpaired) electrons. The largest absolute Gasteiger partial charge is 0.480 e. The Labute approximate surface area is 151 Å². The van der Waals surface area contributed by atoms with E-state index in [1.54, 1.807) is 11.3 Å². The van der Waals surface area contributed by atoms with Crippen LogP contribution in [0.5, 0.6) is 0 Å². The monoisotopic (exact) mass is 367 g/mol. The summed E-state index contributed by atoms with van der Waals surface area (Å²) in [5.74, 6) is -1.51. The van der Waals surface area contributed by atoms with Crippen molar-refractivity contribution in [2.24, 2.45) is 5.73 Å². The quantitative estimate of drug-likeness (QED) is 0.602. The fraction of sp³-hybridized carbons (Fsp3) is 0.588. The van der Waals surface area contributed by atoms with Crippen LogP contribution in [0.15, 0.2) is 16.8 Å². The van der Waals surface area contributed by atoms with Crippen LogP contribution in [0.2, 0.25) is 0 Å². The van der Waals surface area contributed by atoms with Gasteiger partial charge < -0.3 is 21.1 Å². The second-order valence-corrected chi connectivity index (χ2v) is 6.99. The maximum absolute atomic E-state index is 12.7. The van der Waals surface area contributed by atoms with Gasteiger partial charge in [0.2, 0.25) is 11.8 Å². The molecule has 0 bridgehead atoms. The van der Waals surface area contributed by atoms with Crippen molar-refractivity contribution in [2.45, 2.75) is 50.6 Å². The number of carboxylic acid groups (broad SMARTS) is 1. The van der Waals surface area contributed by atoms with Crippen molar-refractivity contribution >= 4 is 29.1 Å². The predicted molar refractivity (Wildman–Crippen MR) is 95.2 cm³/mol. The number of nitrogens with two attached hydrogens (primary N) is 1. The lowest BCUT2D eigenvalue weighted by molar-refractivity contribution is -0.149. The number of nitrogens with zero attached hydrogens (tertiary/aromatic N) is 1. The predicted octanol–water partition coefficient (Wildman–Crippen LogP) is 0.980. The molecule has 7 nitrogen and oxygen atoms in total. The first-order valence-electron chi connectivity index (χ1n) is 8.56. The number of rotatable bonds is 9. The number of thiophene rings is 1. The minimum atomic E-state index is -0.993. The smallest absolute Gasteiger partial charge is 0.326 e. The minimum Gasteiger partial charge on any atom is -0.480 e. The van der Waals surface area contributed by atoms with Crippen molar-refractivity contribution in [3.8, 4) is 0 Å². The molecule has 0 spiro atoms. The van der Waals surface area contributed by atoms with E-state index >= 15 is 0 Å². The van der Waals surface area contributed by atoms with Crippen molar-refractivity contribution < 1.29 is 19.5 Å². The highest BCUT2D eigenvalue weighted by Gasteiger charge is 2.37. The molecule has 25 heavy (non-hydrogen) atoms. The lowest BCUT2D eigenvalue weighted by Gasteiger charge is -2.27. The average molecular weight is 367 g/mol. The Kier molecular flexibility index (Phi) is 7.39. The third-order valence-electron chi connectivity index (χ3n) is 4.37. The van der Waals surface area contributed by atoms with Gasteiger partial charge in [0.15, 0.2) is 0 Å². The summed E-state index contributed by atoms with van der Waals surface area (Å²) in [4.78, 5) is 37.7. The van der Waals surface area contributed by atoms with Crippen molar-refractivity contribution in [1.82, 2.24) is 10.2 Å². The molecule has 2 amide bonds. The van der Waals surface area contributed by atoms with Crippen molar-refractivity contribution in [3.63, 3.8) is 0 Å². The molecule has 0 saturated carbocycles. The zero-order valence-corrected chi connectivity index (χ0v) is 15.0. The van der Waals surface area contributed by atoms with Crippen LogP contribution < -0.4 is 11.1 Å².